The highest BCUT2D eigenvalue weighted by Gasteiger charge is 2.44. The number of aliphatic hydroxyl groups is 1. The number of ether oxygens (including phenoxy) is 1. The Morgan fingerprint density at radius 3 is 2.43 bits per heavy atom. The maximum atomic E-state index is 14.3. The van der Waals surface area contributed by atoms with Crippen LogP contribution in [0.4, 0.5) is 22.8 Å². The van der Waals surface area contributed by atoms with E-state index in [-0.39, 0.29) is 28.9 Å². The number of likely N-dealkylation sites (tertiary alicyclic amines) is 1. The van der Waals surface area contributed by atoms with E-state index in [9.17, 15) is 32.7 Å². The van der Waals surface area contributed by atoms with Crippen LogP contribution in [0.3, 0.4) is 0 Å². The van der Waals surface area contributed by atoms with Gasteiger partial charge in [-0.1, -0.05) is 24.3 Å². The van der Waals surface area contributed by atoms with Gasteiger partial charge in [-0.25, -0.2) is 32.5 Å². The van der Waals surface area contributed by atoms with Crippen LogP contribution in [0.15, 0.2) is 53.7 Å². The first-order valence-electron chi connectivity index (χ1n) is 13.9. The second-order valence-electron chi connectivity index (χ2n) is 11.1. The first kappa shape index (κ1) is 29.6. The Hall–Kier alpha value is -3.90. The van der Waals surface area contributed by atoms with Crippen LogP contribution >= 0.6 is 0 Å². The van der Waals surface area contributed by atoms with Crippen molar-refractivity contribution < 1.29 is 37.4 Å². The smallest absolute Gasteiger partial charge is 0.337 e. The molecule has 2 aromatic carbocycles. The fraction of sp³-hybridized carbons (Fsp3) is 0.433. The number of methoxy groups -OCH3 is 1. The number of imide groups is 1. The van der Waals surface area contributed by atoms with E-state index in [4.69, 9.17) is 4.74 Å². The summed E-state index contributed by atoms with van der Waals surface area (Å²) in [5, 5.41) is 16.5. The molecule has 4 amide bonds. The summed E-state index contributed by atoms with van der Waals surface area (Å²) in [6, 6.07) is 5.98. The monoisotopic (exact) mass is 586 g/mol. The maximum absolute atomic E-state index is 14.3. The summed E-state index contributed by atoms with van der Waals surface area (Å²) in [6.07, 6.45) is 2.68. The van der Waals surface area contributed by atoms with Gasteiger partial charge in [0.1, 0.15) is 11.9 Å². The molecule has 1 saturated carbocycles. The number of rotatable bonds is 5. The van der Waals surface area contributed by atoms with Crippen molar-refractivity contribution in [2.24, 2.45) is 0 Å². The molecule has 9 nitrogen and oxygen atoms in total. The Morgan fingerprint density at radius 2 is 1.76 bits per heavy atom. The predicted octanol–water partition coefficient (Wildman–Crippen LogP) is 4.23. The van der Waals surface area contributed by atoms with Gasteiger partial charge in [0.15, 0.2) is 11.6 Å². The molecule has 2 aromatic rings. The van der Waals surface area contributed by atoms with E-state index in [0.29, 0.717) is 50.8 Å². The SMILES string of the molecule is COC(=O)C1=C(C)NC(=O)N(C(=O)N[C@@H]2CCN(C3CCC(O)(c4ccccc4F)CC3)C2)C1c1ccc(F)c(F)c1. The van der Waals surface area contributed by atoms with Crippen molar-refractivity contribution >= 4 is 18.0 Å². The molecule has 1 aliphatic carbocycles. The summed E-state index contributed by atoms with van der Waals surface area (Å²) >= 11 is 0. The summed E-state index contributed by atoms with van der Waals surface area (Å²) in [5.41, 5.74) is -0.854. The molecule has 3 aliphatic rings. The topological polar surface area (TPSA) is 111 Å². The Morgan fingerprint density at radius 1 is 1.05 bits per heavy atom. The lowest BCUT2D eigenvalue weighted by Crippen LogP contribution is -2.56. The van der Waals surface area contributed by atoms with Crippen LogP contribution in [-0.2, 0) is 15.1 Å². The number of urea groups is 2. The molecule has 2 fully saturated rings. The molecule has 1 saturated heterocycles. The number of benzene rings is 2. The molecule has 0 bridgehead atoms. The molecule has 0 radical (unpaired) electrons. The van der Waals surface area contributed by atoms with Crippen molar-refractivity contribution in [1.82, 2.24) is 20.4 Å². The van der Waals surface area contributed by atoms with Crippen LogP contribution in [0.1, 0.15) is 56.2 Å². The summed E-state index contributed by atoms with van der Waals surface area (Å²) in [6.45, 7) is 2.61. The van der Waals surface area contributed by atoms with E-state index in [1.807, 2.05) is 0 Å². The fourth-order valence-electron chi connectivity index (χ4n) is 6.36. The van der Waals surface area contributed by atoms with Gasteiger partial charge in [0.25, 0.3) is 0 Å². The minimum absolute atomic E-state index is 0.0243. The van der Waals surface area contributed by atoms with Gasteiger partial charge in [0.2, 0.25) is 0 Å². The molecule has 5 rings (SSSR count). The van der Waals surface area contributed by atoms with Crippen molar-refractivity contribution in [3.05, 3.63) is 82.3 Å². The van der Waals surface area contributed by atoms with Crippen molar-refractivity contribution in [1.29, 1.82) is 0 Å². The summed E-state index contributed by atoms with van der Waals surface area (Å²) < 4.78 is 47.2. The standard InChI is InChI=1S/C30H33F3N4O5/c1-17-25(27(38)42-2)26(18-7-8-23(32)24(33)15-18)37(28(39)34-17)29(40)35-19-11-14-36(16-19)20-9-12-30(41,13-10-20)21-5-3-4-6-22(21)31/h3-8,15,19-20,26,41H,9-14,16H2,1-2H3,(H,34,39)(H,35,40)/t19-,20?,26?,30?/m1/s1. The number of halogens is 3. The molecule has 0 spiro atoms. The second kappa shape index (κ2) is 11.8. The number of nitrogens with one attached hydrogen (secondary N) is 2. The number of carbonyl (C=O) groups excluding carboxylic acids is 3. The molecular formula is C30H33F3N4O5. The first-order valence-corrected chi connectivity index (χ1v) is 13.9. The lowest BCUT2D eigenvalue weighted by atomic mass is 9.77. The largest absolute Gasteiger partial charge is 0.466 e. The number of hydrogen-bond donors (Lipinski definition) is 3. The second-order valence-corrected chi connectivity index (χ2v) is 11.1. The van der Waals surface area contributed by atoms with Crippen molar-refractivity contribution in [3.8, 4) is 0 Å². The van der Waals surface area contributed by atoms with Gasteiger partial charge in [-0.15, -0.1) is 0 Å². The zero-order valence-electron chi connectivity index (χ0n) is 23.3. The maximum Gasteiger partial charge on any atom is 0.337 e. The van der Waals surface area contributed by atoms with Crippen LogP contribution < -0.4 is 10.6 Å². The average molecular weight is 587 g/mol. The van der Waals surface area contributed by atoms with Crippen LogP contribution in [0, 0.1) is 17.5 Å². The number of hydrogen-bond acceptors (Lipinski definition) is 6. The third kappa shape index (κ3) is 5.60. The van der Waals surface area contributed by atoms with E-state index in [1.165, 1.54) is 19.1 Å². The number of allylic oxidation sites excluding steroid dienone is 1. The Balaban J connectivity index is 1.28. The number of esters is 1. The lowest BCUT2D eigenvalue weighted by Gasteiger charge is -2.40. The Labute approximate surface area is 241 Å². The van der Waals surface area contributed by atoms with Crippen molar-refractivity contribution in [3.63, 3.8) is 0 Å². The first-order chi connectivity index (χ1) is 20.0. The number of amides is 4. The fourth-order valence-corrected chi connectivity index (χ4v) is 6.36. The van der Waals surface area contributed by atoms with Crippen molar-refractivity contribution in [2.45, 2.75) is 62.8 Å². The molecule has 224 valence electrons. The molecule has 3 N–H and O–H groups in total. The van der Waals surface area contributed by atoms with E-state index in [0.717, 1.165) is 24.1 Å². The zero-order valence-corrected chi connectivity index (χ0v) is 23.3. The van der Waals surface area contributed by atoms with Crippen LogP contribution in [0.2, 0.25) is 0 Å². The summed E-state index contributed by atoms with van der Waals surface area (Å²) in [4.78, 5) is 42.3. The Kier molecular flexibility index (Phi) is 8.29. The lowest BCUT2D eigenvalue weighted by molar-refractivity contribution is -0.136. The minimum Gasteiger partial charge on any atom is -0.466 e. The van der Waals surface area contributed by atoms with E-state index >= 15 is 0 Å². The molecule has 2 atom stereocenters. The van der Waals surface area contributed by atoms with Gasteiger partial charge in [0, 0.05) is 36.4 Å². The minimum atomic E-state index is -1.35. The molecule has 2 aliphatic heterocycles. The van der Waals surface area contributed by atoms with E-state index in [1.54, 1.807) is 18.2 Å². The van der Waals surface area contributed by atoms with E-state index in [2.05, 4.69) is 15.5 Å². The van der Waals surface area contributed by atoms with E-state index < -0.39 is 47.1 Å². The summed E-state index contributed by atoms with van der Waals surface area (Å²) in [5.74, 6) is -3.57. The van der Waals surface area contributed by atoms with Gasteiger partial charge in [-0.3, -0.25) is 4.90 Å². The van der Waals surface area contributed by atoms with Gasteiger partial charge < -0.3 is 20.5 Å². The quantitative estimate of drug-likeness (QED) is 0.453. The highest BCUT2D eigenvalue weighted by molar-refractivity contribution is 6.01. The van der Waals surface area contributed by atoms with Gasteiger partial charge in [0.05, 0.1) is 18.3 Å². The molecular weight excluding hydrogens is 553 g/mol. The van der Waals surface area contributed by atoms with Crippen LogP contribution in [0.25, 0.3) is 0 Å². The molecule has 2 heterocycles. The van der Waals surface area contributed by atoms with Gasteiger partial charge in [-0.2, -0.15) is 0 Å². The average Bonchev–Trinajstić information content (AvgIpc) is 3.42. The molecule has 1 unspecified atom stereocenters. The number of carbonyl (C=O) groups is 3. The van der Waals surface area contributed by atoms with Crippen LogP contribution in [-0.4, -0.2) is 65.2 Å². The highest BCUT2D eigenvalue weighted by atomic mass is 19.2. The van der Waals surface area contributed by atoms with Gasteiger partial charge >= 0.3 is 18.0 Å². The third-order valence-corrected chi connectivity index (χ3v) is 8.55. The van der Waals surface area contributed by atoms with Crippen LogP contribution in [0.5, 0.6) is 0 Å². The normalized spacial score (nSPS) is 26.7. The van der Waals surface area contributed by atoms with Crippen molar-refractivity contribution in [2.75, 3.05) is 20.2 Å². The molecule has 12 heteroatoms. The third-order valence-electron chi connectivity index (χ3n) is 8.55. The predicted molar refractivity (Wildman–Crippen MR) is 145 cm³/mol. The summed E-state index contributed by atoms with van der Waals surface area (Å²) in [7, 11) is 1.14. The molecule has 0 aromatic heterocycles. The Bertz CT molecular complexity index is 1430. The molecule has 42 heavy (non-hydrogen) atoms. The number of nitrogens with zero attached hydrogens (tertiary/aromatic N) is 2. The highest BCUT2D eigenvalue weighted by Crippen LogP contribution is 2.40. The van der Waals surface area contributed by atoms with Gasteiger partial charge in [-0.05, 0) is 62.8 Å². The zero-order chi connectivity index (χ0) is 30.2.